The van der Waals surface area contributed by atoms with Crippen molar-refractivity contribution in [3.05, 3.63) is 58.2 Å². The van der Waals surface area contributed by atoms with Gasteiger partial charge in [0.1, 0.15) is 6.10 Å². The molecule has 0 saturated carbocycles. The molecule has 0 fully saturated rings. The van der Waals surface area contributed by atoms with E-state index in [0.29, 0.717) is 11.0 Å². The second-order valence-electron chi connectivity index (χ2n) is 9.19. The van der Waals surface area contributed by atoms with Crippen molar-refractivity contribution in [1.29, 1.82) is 0 Å². The maximum atomic E-state index is 11.6. The molecule has 1 heterocycles. The van der Waals surface area contributed by atoms with Gasteiger partial charge in [0.15, 0.2) is 0 Å². The van der Waals surface area contributed by atoms with E-state index < -0.39 is 0 Å². The van der Waals surface area contributed by atoms with Gasteiger partial charge in [-0.3, -0.25) is 0 Å². The van der Waals surface area contributed by atoms with Crippen LogP contribution < -0.4 is 0 Å². The summed E-state index contributed by atoms with van der Waals surface area (Å²) in [7, 11) is 0. The molecule has 0 amide bonds. The van der Waals surface area contributed by atoms with Gasteiger partial charge in [0.25, 0.3) is 0 Å². The van der Waals surface area contributed by atoms with Crippen molar-refractivity contribution in [2.45, 2.75) is 92.6 Å². The number of allylic oxidation sites excluding steroid dienone is 7. The van der Waals surface area contributed by atoms with Crippen LogP contribution in [-0.2, 0) is 9.53 Å². The number of esters is 1. The average molecular weight is 383 g/mol. The van der Waals surface area contributed by atoms with Crippen molar-refractivity contribution >= 4 is 5.97 Å². The van der Waals surface area contributed by atoms with Crippen molar-refractivity contribution in [3.63, 3.8) is 0 Å². The Bertz CT molecular complexity index is 726. The largest absolute Gasteiger partial charge is 0.455 e. The van der Waals surface area contributed by atoms with E-state index in [-0.39, 0.29) is 12.1 Å². The van der Waals surface area contributed by atoms with E-state index in [1.165, 1.54) is 43.3 Å². The molecule has 1 aliphatic heterocycles. The fourth-order valence-electron chi connectivity index (χ4n) is 4.31. The summed E-state index contributed by atoms with van der Waals surface area (Å²) < 4.78 is 5.09. The molecule has 2 heteroatoms. The molecule has 28 heavy (non-hydrogen) atoms. The highest BCUT2D eigenvalue weighted by atomic mass is 16.5. The van der Waals surface area contributed by atoms with E-state index in [4.69, 9.17) is 4.74 Å². The quantitative estimate of drug-likeness (QED) is 0.248. The Kier molecular flexibility index (Phi) is 8.10. The highest BCUT2D eigenvalue weighted by Crippen LogP contribution is 2.42. The topological polar surface area (TPSA) is 26.3 Å². The summed E-state index contributed by atoms with van der Waals surface area (Å²) in [6.45, 7) is 13.4. The van der Waals surface area contributed by atoms with Crippen LogP contribution in [0.1, 0.15) is 86.5 Å². The Morgan fingerprint density at radius 2 is 2.00 bits per heavy atom. The van der Waals surface area contributed by atoms with E-state index in [9.17, 15) is 4.79 Å². The maximum absolute atomic E-state index is 11.6. The lowest BCUT2D eigenvalue weighted by molar-refractivity contribution is -0.138. The Balaban J connectivity index is 1.78. The van der Waals surface area contributed by atoms with Crippen LogP contribution in [-0.4, -0.2) is 12.1 Å². The number of hydrogen-bond donors (Lipinski definition) is 0. The first-order chi connectivity index (χ1) is 13.2. The lowest BCUT2D eigenvalue weighted by Gasteiger charge is -2.35. The van der Waals surface area contributed by atoms with Crippen LogP contribution in [0.3, 0.4) is 0 Å². The van der Waals surface area contributed by atoms with Crippen LogP contribution in [0.2, 0.25) is 0 Å². The van der Waals surface area contributed by atoms with Gasteiger partial charge in [-0.1, -0.05) is 54.4 Å². The van der Waals surface area contributed by atoms with Gasteiger partial charge in [-0.25, -0.2) is 4.79 Å². The van der Waals surface area contributed by atoms with E-state index in [0.717, 1.165) is 12.8 Å². The molecule has 1 aliphatic carbocycles. The minimum absolute atomic E-state index is 0.107. The van der Waals surface area contributed by atoms with Crippen LogP contribution >= 0.6 is 0 Å². The van der Waals surface area contributed by atoms with Crippen LogP contribution in [0, 0.1) is 5.41 Å². The zero-order chi connectivity index (χ0) is 20.7. The lowest BCUT2D eigenvalue weighted by atomic mass is 9.71. The van der Waals surface area contributed by atoms with E-state index in [1.807, 2.05) is 25.2 Å². The van der Waals surface area contributed by atoms with E-state index >= 15 is 0 Å². The highest BCUT2D eigenvalue weighted by molar-refractivity contribution is 5.93. The molecule has 0 aromatic heterocycles. The van der Waals surface area contributed by atoms with Crippen LogP contribution in [0.15, 0.2) is 58.2 Å². The molecule has 2 aliphatic rings. The van der Waals surface area contributed by atoms with Crippen LogP contribution in [0.4, 0.5) is 0 Å². The fourth-order valence-corrected chi connectivity index (χ4v) is 4.31. The molecule has 1 unspecified atom stereocenters. The van der Waals surface area contributed by atoms with E-state index in [2.05, 4.69) is 46.8 Å². The summed E-state index contributed by atoms with van der Waals surface area (Å²) in [5.41, 5.74) is 7.19. The molecule has 1 atom stereocenters. The minimum Gasteiger partial charge on any atom is -0.455 e. The normalized spacial score (nSPS) is 23.4. The summed E-state index contributed by atoms with van der Waals surface area (Å²) in [4.78, 5) is 11.6. The third-order valence-corrected chi connectivity index (χ3v) is 6.09. The van der Waals surface area contributed by atoms with Gasteiger partial charge in [0.05, 0.1) is 5.57 Å². The Morgan fingerprint density at radius 3 is 2.64 bits per heavy atom. The molecular weight excluding hydrogens is 344 g/mol. The van der Waals surface area contributed by atoms with Crippen molar-refractivity contribution in [2.75, 3.05) is 0 Å². The molecule has 2 rings (SSSR count). The minimum atomic E-state index is -0.222. The van der Waals surface area contributed by atoms with Crippen molar-refractivity contribution in [1.82, 2.24) is 0 Å². The SMILES string of the molecule is CC1=C(CC/C(C)=C/CC/C(C)=C/C=C/C2=CC(C)OC2=O)C(C)(C)CCC1. The molecule has 2 nitrogen and oxygen atoms in total. The number of ether oxygens (including phenoxy) is 1. The summed E-state index contributed by atoms with van der Waals surface area (Å²) in [5, 5.41) is 0. The predicted molar refractivity (Wildman–Crippen MR) is 119 cm³/mol. The molecule has 0 saturated heterocycles. The first kappa shape index (κ1) is 22.5. The zero-order valence-corrected chi connectivity index (χ0v) is 18.7. The highest BCUT2D eigenvalue weighted by Gasteiger charge is 2.27. The predicted octanol–water partition coefficient (Wildman–Crippen LogP) is 7.39. The Morgan fingerprint density at radius 1 is 1.25 bits per heavy atom. The number of carbonyl (C=O) groups excluding carboxylic acids is 1. The standard InChI is InChI=1S/C26H38O2/c1-19(12-8-14-23-18-22(4)28-25(23)27)10-7-11-20(2)15-16-24-21(3)13-9-17-26(24,5)6/h8,11-12,14,18,22H,7,9-10,13,15-17H2,1-6H3/b14-8+,19-12+,20-11+. The monoisotopic (exact) mass is 382 g/mol. The Labute approximate surface area is 172 Å². The lowest BCUT2D eigenvalue weighted by Crippen LogP contribution is -2.20. The van der Waals surface area contributed by atoms with Gasteiger partial charge in [0, 0.05) is 0 Å². The van der Waals surface area contributed by atoms with Gasteiger partial charge in [-0.05, 0) is 90.2 Å². The first-order valence-electron chi connectivity index (χ1n) is 10.8. The van der Waals surface area contributed by atoms with E-state index in [1.54, 1.807) is 11.1 Å². The molecule has 0 radical (unpaired) electrons. The number of carbonyl (C=O) groups is 1. The average Bonchev–Trinajstić information content (AvgIpc) is 2.91. The van der Waals surface area contributed by atoms with Crippen molar-refractivity contribution < 1.29 is 9.53 Å². The van der Waals surface area contributed by atoms with Gasteiger partial charge in [-0.2, -0.15) is 0 Å². The summed E-state index contributed by atoms with van der Waals surface area (Å²) in [6.07, 6.45) is 18.5. The second kappa shape index (κ2) is 10.1. The number of rotatable bonds is 8. The summed E-state index contributed by atoms with van der Waals surface area (Å²) >= 11 is 0. The van der Waals surface area contributed by atoms with Crippen LogP contribution in [0.5, 0.6) is 0 Å². The smallest absolute Gasteiger partial charge is 0.338 e. The summed E-state index contributed by atoms with van der Waals surface area (Å²) in [5.74, 6) is -0.222. The Hall–Kier alpha value is -1.83. The van der Waals surface area contributed by atoms with Gasteiger partial charge in [-0.15, -0.1) is 0 Å². The summed E-state index contributed by atoms with van der Waals surface area (Å²) in [6, 6.07) is 0. The second-order valence-corrected chi connectivity index (χ2v) is 9.19. The molecular formula is C26H38O2. The number of hydrogen-bond acceptors (Lipinski definition) is 2. The van der Waals surface area contributed by atoms with Gasteiger partial charge >= 0.3 is 5.97 Å². The molecule has 154 valence electrons. The van der Waals surface area contributed by atoms with Crippen molar-refractivity contribution in [2.24, 2.45) is 5.41 Å². The first-order valence-corrected chi connectivity index (χ1v) is 10.8. The third-order valence-electron chi connectivity index (χ3n) is 6.09. The third kappa shape index (κ3) is 6.65. The van der Waals surface area contributed by atoms with Gasteiger partial charge < -0.3 is 4.74 Å². The van der Waals surface area contributed by atoms with Gasteiger partial charge in [0.2, 0.25) is 0 Å². The molecule has 0 bridgehead atoms. The molecule has 0 aromatic carbocycles. The zero-order valence-electron chi connectivity index (χ0n) is 18.7. The fraction of sp³-hybridized carbons (Fsp3) is 0.577. The van der Waals surface area contributed by atoms with Crippen LogP contribution in [0.25, 0.3) is 0 Å². The van der Waals surface area contributed by atoms with Crippen molar-refractivity contribution in [3.8, 4) is 0 Å². The molecule has 0 aromatic rings. The maximum Gasteiger partial charge on any atom is 0.338 e. The number of cyclic esters (lactones) is 1. The molecule has 0 spiro atoms. The molecule has 0 N–H and O–H groups in total.